The van der Waals surface area contributed by atoms with Crippen LogP contribution < -0.4 is 4.74 Å². The number of ether oxygens (including phenoxy) is 1. The summed E-state index contributed by atoms with van der Waals surface area (Å²) >= 11 is 0. The second-order valence-corrected chi connectivity index (χ2v) is 7.97. The molecule has 0 aromatic heterocycles. The van der Waals surface area contributed by atoms with Gasteiger partial charge in [0.15, 0.2) is 0 Å². The van der Waals surface area contributed by atoms with Crippen LogP contribution in [-0.2, 0) is 10.2 Å². The normalized spacial score (nSPS) is 19.7. The Morgan fingerprint density at radius 3 is 2.62 bits per heavy atom. The highest BCUT2D eigenvalue weighted by molar-refractivity contribution is 7.86. The van der Waals surface area contributed by atoms with Gasteiger partial charge < -0.3 is 4.74 Å². The minimum Gasteiger partial charge on any atom is -0.497 e. The van der Waals surface area contributed by atoms with E-state index >= 15 is 0 Å². The molecule has 1 aliphatic heterocycles. The van der Waals surface area contributed by atoms with Crippen molar-refractivity contribution in [1.82, 2.24) is 8.61 Å². The first-order valence-corrected chi connectivity index (χ1v) is 9.64. The van der Waals surface area contributed by atoms with Gasteiger partial charge in [-0.15, -0.1) is 0 Å². The average Bonchev–Trinajstić information content (AvgIpc) is 2.86. The summed E-state index contributed by atoms with van der Waals surface area (Å²) in [6.07, 6.45) is 3.89. The first kappa shape index (κ1) is 18.7. The molecule has 0 N–H and O–H groups in total. The third-order valence-electron chi connectivity index (χ3n) is 4.43. The third kappa shape index (κ3) is 4.26. The molecule has 24 heavy (non-hydrogen) atoms. The molecule has 0 bridgehead atoms. The van der Waals surface area contributed by atoms with Gasteiger partial charge in [0.1, 0.15) is 5.75 Å². The summed E-state index contributed by atoms with van der Waals surface area (Å²) in [5.74, 6) is 0.757. The summed E-state index contributed by atoms with van der Waals surface area (Å²) in [6.45, 7) is 0.723. The lowest BCUT2D eigenvalue weighted by molar-refractivity contribution is 0.299. The Morgan fingerprint density at radius 2 is 2.00 bits per heavy atom. The minimum atomic E-state index is -3.59. The quantitative estimate of drug-likeness (QED) is 0.790. The Bertz CT molecular complexity index is 667. The summed E-state index contributed by atoms with van der Waals surface area (Å²) < 4.78 is 34.0. The van der Waals surface area contributed by atoms with Crippen LogP contribution in [0.5, 0.6) is 5.75 Å². The van der Waals surface area contributed by atoms with Crippen LogP contribution in [0.1, 0.15) is 43.7 Å². The lowest BCUT2D eigenvalue weighted by Crippen LogP contribution is -2.44. The van der Waals surface area contributed by atoms with Gasteiger partial charge in [0, 0.05) is 26.6 Å². The average molecular weight is 351 g/mol. The van der Waals surface area contributed by atoms with E-state index in [0.29, 0.717) is 6.54 Å². The molecule has 1 aromatic rings. The van der Waals surface area contributed by atoms with Crippen LogP contribution in [0.3, 0.4) is 0 Å². The first-order chi connectivity index (χ1) is 11.5. The highest BCUT2D eigenvalue weighted by Gasteiger charge is 2.34. The van der Waals surface area contributed by atoms with Crippen molar-refractivity contribution >= 4 is 10.2 Å². The largest absolute Gasteiger partial charge is 0.497 e. The maximum absolute atomic E-state index is 13.0. The van der Waals surface area contributed by atoms with Crippen LogP contribution in [-0.4, -0.2) is 44.3 Å². The second-order valence-electron chi connectivity index (χ2n) is 5.99. The van der Waals surface area contributed by atoms with E-state index in [4.69, 9.17) is 10.00 Å². The second kappa shape index (κ2) is 8.47. The predicted octanol–water partition coefficient (Wildman–Crippen LogP) is 2.70. The number of hydrogen-bond donors (Lipinski definition) is 0. The SMILES string of the molecule is COc1ccc([C@@H]2CCCCCN2S(=O)(=O)N(C)CCC#N)cc1. The van der Waals surface area contributed by atoms with Crippen LogP contribution in [0, 0.1) is 11.3 Å². The Balaban J connectivity index is 2.30. The van der Waals surface area contributed by atoms with Gasteiger partial charge in [-0.2, -0.15) is 22.3 Å². The number of methoxy groups -OCH3 is 1. The molecular formula is C17H25N3O3S. The van der Waals surface area contributed by atoms with E-state index in [9.17, 15) is 8.42 Å². The Labute approximate surface area is 144 Å². The molecule has 0 amide bonds. The molecule has 132 valence electrons. The summed E-state index contributed by atoms with van der Waals surface area (Å²) in [4.78, 5) is 0. The van der Waals surface area contributed by atoms with Crippen molar-refractivity contribution in [2.75, 3.05) is 27.2 Å². The maximum Gasteiger partial charge on any atom is 0.282 e. The molecule has 1 atom stereocenters. The zero-order chi connectivity index (χ0) is 17.6. The Hall–Kier alpha value is -1.62. The lowest BCUT2D eigenvalue weighted by Gasteiger charge is -2.32. The number of hydrogen-bond acceptors (Lipinski definition) is 4. The van der Waals surface area contributed by atoms with Gasteiger partial charge in [-0.1, -0.05) is 25.0 Å². The molecule has 1 fully saturated rings. The molecule has 0 saturated carbocycles. The van der Waals surface area contributed by atoms with E-state index in [2.05, 4.69) is 0 Å². The van der Waals surface area contributed by atoms with Crippen molar-refractivity contribution in [3.05, 3.63) is 29.8 Å². The zero-order valence-corrected chi connectivity index (χ0v) is 15.1. The molecule has 0 aliphatic carbocycles. The van der Waals surface area contributed by atoms with Crippen LogP contribution in [0.25, 0.3) is 0 Å². The lowest BCUT2D eigenvalue weighted by atomic mass is 10.0. The van der Waals surface area contributed by atoms with E-state index in [-0.39, 0.29) is 19.0 Å². The first-order valence-electron chi connectivity index (χ1n) is 8.24. The smallest absolute Gasteiger partial charge is 0.282 e. The van der Waals surface area contributed by atoms with Crippen LogP contribution in [0.2, 0.25) is 0 Å². The van der Waals surface area contributed by atoms with Gasteiger partial charge in [-0.05, 0) is 30.5 Å². The molecule has 1 aromatic carbocycles. The van der Waals surface area contributed by atoms with Crippen molar-refractivity contribution in [3.63, 3.8) is 0 Å². The summed E-state index contributed by atoms with van der Waals surface area (Å²) in [5, 5.41) is 8.72. The van der Waals surface area contributed by atoms with Crippen molar-refractivity contribution < 1.29 is 13.2 Å². The van der Waals surface area contributed by atoms with Gasteiger partial charge in [-0.25, -0.2) is 0 Å². The summed E-state index contributed by atoms with van der Waals surface area (Å²) in [6, 6.07) is 9.44. The molecule has 0 spiro atoms. The highest BCUT2D eigenvalue weighted by atomic mass is 32.2. The molecule has 2 rings (SSSR count). The predicted molar refractivity (Wildman–Crippen MR) is 92.7 cm³/mol. The molecule has 1 saturated heterocycles. The molecule has 1 aliphatic rings. The number of benzene rings is 1. The van der Waals surface area contributed by atoms with E-state index in [0.717, 1.165) is 37.0 Å². The van der Waals surface area contributed by atoms with Crippen molar-refractivity contribution in [3.8, 4) is 11.8 Å². The maximum atomic E-state index is 13.0. The summed E-state index contributed by atoms with van der Waals surface area (Å²) in [7, 11) is -0.429. The van der Waals surface area contributed by atoms with Gasteiger partial charge >= 0.3 is 0 Å². The number of nitriles is 1. The molecule has 6 nitrogen and oxygen atoms in total. The fraction of sp³-hybridized carbons (Fsp3) is 0.588. The minimum absolute atomic E-state index is 0.173. The number of rotatable bonds is 6. The Kier molecular flexibility index (Phi) is 6.60. The van der Waals surface area contributed by atoms with Crippen LogP contribution in [0.4, 0.5) is 0 Å². The molecule has 1 heterocycles. The topological polar surface area (TPSA) is 73.6 Å². The van der Waals surface area contributed by atoms with Crippen molar-refractivity contribution in [2.24, 2.45) is 0 Å². The highest BCUT2D eigenvalue weighted by Crippen LogP contribution is 2.33. The van der Waals surface area contributed by atoms with Crippen molar-refractivity contribution in [2.45, 2.75) is 38.1 Å². The summed E-state index contributed by atoms with van der Waals surface area (Å²) in [5.41, 5.74) is 0.981. The number of nitrogens with zero attached hydrogens (tertiary/aromatic N) is 3. The zero-order valence-electron chi connectivity index (χ0n) is 14.3. The van der Waals surface area contributed by atoms with E-state index in [1.54, 1.807) is 18.5 Å². The van der Waals surface area contributed by atoms with Gasteiger partial charge in [0.2, 0.25) is 0 Å². The standard InChI is InChI=1S/C17H25N3O3S/c1-19(13-6-12-18)24(21,22)20-14-5-3-4-7-17(20)15-8-10-16(23-2)11-9-15/h8-11,17H,3-7,13-14H2,1-2H3/t17-/m0/s1. The van der Waals surface area contributed by atoms with Gasteiger partial charge in [0.05, 0.1) is 19.2 Å². The van der Waals surface area contributed by atoms with E-state index in [1.165, 1.54) is 4.31 Å². The molecule has 0 unspecified atom stereocenters. The van der Waals surface area contributed by atoms with Crippen molar-refractivity contribution in [1.29, 1.82) is 5.26 Å². The van der Waals surface area contributed by atoms with Gasteiger partial charge in [0.25, 0.3) is 10.2 Å². The Morgan fingerprint density at radius 1 is 1.29 bits per heavy atom. The molecule has 0 radical (unpaired) electrons. The monoisotopic (exact) mass is 351 g/mol. The molecule has 7 heteroatoms. The van der Waals surface area contributed by atoms with E-state index in [1.807, 2.05) is 30.3 Å². The molecular weight excluding hydrogens is 326 g/mol. The fourth-order valence-electron chi connectivity index (χ4n) is 3.02. The van der Waals surface area contributed by atoms with Gasteiger partial charge in [-0.3, -0.25) is 0 Å². The van der Waals surface area contributed by atoms with Crippen LogP contribution >= 0.6 is 0 Å². The van der Waals surface area contributed by atoms with E-state index < -0.39 is 10.2 Å². The van der Waals surface area contributed by atoms with Crippen LogP contribution in [0.15, 0.2) is 24.3 Å². The fourth-order valence-corrected chi connectivity index (χ4v) is 4.61. The third-order valence-corrected chi connectivity index (χ3v) is 6.43.